The summed E-state index contributed by atoms with van der Waals surface area (Å²) in [6.07, 6.45) is 9.95. The van der Waals surface area contributed by atoms with Crippen LogP contribution >= 0.6 is 0 Å². The molecule has 2 fully saturated rings. The summed E-state index contributed by atoms with van der Waals surface area (Å²) in [5, 5.41) is 7.19. The van der Waals surface area contributed by atoms with Crippen molar-refractivity contribution in [2.24, 2.45) is 5.92 Å². The molecule has 82 valence electrons. The summed E-state index contributed by atoms with van der Waals surface area (Å²) >= 11 is 0. The van der Waals surface area contributed by atoms with Gasteiger partial charge in [0.05, 0.1) is 0 Å². The van der Waals surface area contributed by atoms with Gasteiger partial charge >= 0.3 is 0 Å². The molecule has 1 saturated carbocycles. The van der Waals surface area contributed by atoms with Crippen LogP contribution in [0.15, 0.2) is 0 Å². The lowest BCUT2D eigenvalue weighted by Gasteiger charge is -2.28. The molecule has 0 unspecified atom stereocenters. The summed E-state index contributed by atoms with van der Waals surface area (Å²) in [7, 11) is 0. The second-order valence-corrected chi connectivity index (χ2v) is 4.94. The van der Waals surface area contributed by atoms with Gasteiger partial charge in [0.25, 0.3) is 0 Å². The first-order valence-electron chi connectivity index (χ1n) is 6.39. The first-order valence-corrected chi connectivity index (χ1v) is 6.39. The van der Waals surface area contributed by atoms with Gasteiger partial charge in [0.1, 0.15) is 0 Å². The zero-order valence-electron chi connectivity index (χ0n) is 9.23. The lowest BCUT2D eigenvalue weighted by molar-refractivity contribution is 0.308. The molecule has 1 saturated heterocycles. The van der Waals surface area contributed by atoms with Gasteiger partial charge < -0.3 is 10.6 Å². The summed E-state index contributed by atoms with van der Waals surface area (Å²) < 4.78 is 0. The molecule has 1 heterocycles. The topological polar surface area (TPSA) is 24.1 Å². The molecule has 14 heavy (non-hydrogen) atoms. The van der Waals surface area contributed by atoms with Crippen LogP contribution < -0.4 is 10.6 Å². The Morgan fingerprint density at radius 1 is 0.929 bits per heavy atom. The summed E-state index contributed by atoms with van der Waals surface area (Å²) in [4.78, 5) is 0. The van der Waals surface area contributed by atoms with Gasteiger partial charge in [0.2, 0.25) is 0 Å². The van der Waals surface area contributed by atoms with Crippen LogP contribution in [0.5, 0.6) is 0 Å². The van der Waals surface area contributed by atoms with E-state index >= 15 is 0 Å². The van der Waals surface area contributed by atoms with E-state index in [1.807, 2.05) is 0 Å². The minimum absolute atomic E-state index is 0.846. The van der Waals surface area contributed by atoms with Gasteiger partial charge in [-0.3, -0.25) is 0 Å². The van der Waals surface area contributed by atoms with E-state index in [2.05, 4.69) is 10.6 Å². The Kier molecular flexibility index (Phi) is 4.26. The molecule has 0 aromatic rings. The lowest BCUT2D eigenvalue weighted by Crippen LogP contribution is -2.38. The number of piperidine rings is 1. The Labute approximate surface area is 87.8 Å². The van der Waals surface area contributed by atoms with Gasteiger partial charge in [0.15, 0.2) is 0 Å². The second-order valence-electron chi connectivity index (χ2n) is 4.94. The van der Waals surface area contributed by atoms with E-state index < -0.39 is 0 Å². The van der Waals surface area contributed by atoms with Crippen LogP contribution in [0.4, 0.5) is 0 Å². The smallest absolute Gasteiger partial charge is 0.00671 e. The Morgan fingerprint density at radius 3 is 2.36 bits per heavy atom. The maximum atomic E-state index is 3.76. The molecule has 1 aliphatic carbocycles. The molecule has 0 aromatic carbocycles. The molecule has 0 bridgehead atoms. The third-order valence-corrected chi connectivity index (χ3v) is 3.76. The van der Waals surface area contributed by atoms with Crippen molar-refractivity contribution in [2.45, 2.75) is 51.0 Å². The molecule has 2 N–H and O–H groups in total. The van der Waals surface area contributed by atoms with Gasteiger partial charge in [-0.2, -0.15) is 0 Å². The van der Waals surface area contributed by atoms with Crippen molar-refractivity contribution < 1.29 is 0 Å². The summed E-state index contributed by atoms with van der Waals surface area (Å²) in [5.74, 6) is 0.943. The molecule has 2 aliphatic rings. The predicted octanol–water partition coefficient (Wildman–Crippen LogP) is 1.91. The minimum Gasteiger partial charge on any atom is -0.317 e. The van der Waals surface area contributed by atoms with Crippen molar-refractivity contribution in [1.82, 2.24) is 10.6 Å². The fourth-order valence-corrected chi connectivity index (χ4v) is 2.73. The van der Waals surface area contributed by atoms with E-state index in [9.17, 15) is 0 Å². The van der Waals surface area contributed by atoms with Crippen LogP contribution in [0.3, 0.4) is 0 Å². The molecule has 0 aromatic heterocycles. The van der Waals surface area contributed by atoms with Crippen LogP contribution in [-0.2, 0) is 0 Å². The maximum absolute atomic E-state index is 3.76. The highest BCUT2D eigenvalue weighted by Gasteiger charge is 2.16. The van der Waals surface area contributed by atoms with Crippen molar-refractivity contribution in [1.29, 1.82) is 0 Å². The van der Waals surface area contributed by atoms with E-state index in [0.29, 0.717) is 0 Å². The van der Waals surface area contributed by atoms with E-state index in [1.165, 1.54) is 64.6 Å². The van der Waals surface area contributed by atoms with Gasteiger partial charge in [-0.15, -0.1) is 0 Å². The quantitative estimate of drug-likeness (QED) is 0.720. The third-order valence-electron chi connectivity index (χ3n) is 3.76. The van der Waals surface area contributed by atoms with Gasteiger partial charge in [-0.25, -0.2) is 0 Å². The molecule has 0 spiro atoms. The molecular weight excluding hydrogens is 172 g/mol. The third kappa shape index (κ3) is 3.25. The average Bonchev–Trinajstić information content (AvgIpc) is 2.29. The Hall–Kier alpha value is -0.0800. The minimum atomic E-state index is 0.846. The van der Waals surface area contributed by atoms with Crippen LogP contribution in [0.25, 0.3) is 0 Å². The summed E-state index contributed by atoms with van der Waals surface area (Å²) in [6.45, 7) is 3.74. The van der Waals surface area contributed by atoms with Crippen molar-refractivity contribution in [3.8, 4) is 0 Å². The van der Waals surface area contributed by atoms with Crippen molar-refractivity contribution >= 4 is 0 Å². The maximum Gasteiger partial charge on any atom is 0.00671 e. The number of hydrogen-bond acceptors (Lipinski definition) is 2. The standard InChI is InChI=1S/C12H24N2/c1-2-4-12(5-3-1)14-10-11-6-8-13-9-7-11/h11-14H,1-10H2. The van der Waals surface area contributed by atoms with Crippen LogP contribution in [0.1, 0.15) is 44.9 Å². The van der Waals surface area contributed by atoms with E-state index in [4.69, 9.17) is 0 Å². The second kappa shape index (κ2) is 5.72. The monoisotopic (exact) mass is 196 g/mol. The largest absolute Gasteiger partial charge is 0.317 e. The molecule has 2 rings (SSSR count). The van der Waals surface area contributed by atoms with Crippen LogP contribution in [-0.4, -0.2) is 25.7 Å². The van der Waals surface area contributed by atoms with Crippen molar-refractivity contribution in [2.75, 3.05) is 19.6 Å². The number of hydrogen-bond donors (Lipinski definition) is 2. The van der Waals surface area contributed by atoms with Gasteiger partial charge in [0, 0.05) is 6.04 Å². The van der Waals surface area contributed by atoms with Gasteiger partial charge in [-0.05, 0) is 51.2 Å². The molecule has 0 radical (unpaired) electrons. The predicted molar refractivity (Wildman–Crippen MR) is 60.5 cm³/mol. The molecule has 0 amide bonds. The average molecular weight is 196 g/mol. The molecular formula is C12H24N2. The fourth-order valence-electron chi connectivity index (χ4n) is 2.73. The highest BCUT2D eigenvalue weighted by molar-refractivity contribution is 4.76. The lowest BCUT2D eigenvalue weighted by atomic mass is 9.93. The molecule has 2 nitrogen and oxygen atoms in total. The van der Waals surface area contributed by atoms with E-state index in [0.717, 1.165) is 12.0 Å². The molecule has 1 aliphatic heterocycles. The summed E-state index contributed by atoms with van der Waals surface area (Å²) in [5.41, 5.74) is 0. The Bertz CT molecular complexity index is 128. The Morgan fingerprint density at radius 2 is 1.64 bits per heavy atom. The molecule has 0 atom stereocenters. The SMILES string of the molecule is C1CCC(NCC2CCNCC2)CC1. The van der Waals surface area contributed by atoms with Crippen LogP contribution in [0.2, 0.25) is 0 Å². The first-order chi connectivity index (χ1) is 6.95. The van der Waals surface area contributed by atoms with E-state index in [1.54, 1.807) is 0 Å². The van der Waals surface area contributed by atoms with Crippen molar-refractivity contribution in [3.63, 3.8) is 0 Å². The first kappa shape index (κ1) is 10.4. The fraction of sp³-hybridized carbons (Fsp3) is 1.00. The van der Waals surface area contributed by atoms with Gasteiger partial charge in [-0.1, -0.05) is 19.3 Å². The zero-order chi connectivity index (χ0) is 9.64. The normalized spacial score (nSPS) is 26.6. The van der Waals surface area contributed by atoms with Crippen molar-refractivity contribution in [3.05, 3.63) is 0 Å². The number of nitrogens with one attached hydrogen (secondary N) is 2. The zero-order valence-corrected chi connectivity index (χ0v) is 9.23. The Balaban J connectivity index is 1.60. The number of rotatable bonds is 3. The van der Waals surface area contributed by atoms with Crippen LogP contribution in [0, 0.1) is 5.92 Å². The van der Waals surface area contributed by atoms with E-state index in [-0.39, 0.29) is 0 Å². The highest BCUT2D eigenvalue weighted by atomic mass is 14.9. The highest BCUT2D eigenvalue weighted by Crippen LogP contribution is 2.18. The molecule has 2 heteroatoms. The summed E-state index contributed by atoms with van der Waals surface area (Å²) in [6, 6.07) is 0.846.